The second-order valence-electron chi connectivity index (χ2n) is 7.29. The molecular weight excluding hydrogens is 394 g/mol. The molecule has 1 aliphatic rings. The first-order chi connectivity index (χ1) is 14.7. The van der Waals surface area contributed by atoms with Crippen LogP contribution < -0.4 is 10.6 Å². The van der Waals surface area contributed by atoms with Gasteiger partial charge < -0.3 is 15.5 Å². The Morgan fingerprint density at radius 2 is 1.70 bits per heavy atom. The Kier molecular flexibility index (Phi) is 6.44. The summed E-state index contributed by atoms with van der Waals surface area (Å²) in [5.41, 5.74) is 3.38. The van der Waals surface area contributed by atoms with Crippen LogP contribution in [0.15, 0.2) is 72.1 Å². The first-order valence-corrected chi connectivity index (χ1v) is 11.1. The van der Waals surface area contributed by atoms with E-state index in [0.717, 1.165) is 17.5 Å². The molecule has 2 N–H and O–H groups in total. The lowest BCUT2D eigenvalue weighted by Crippen LogP contribution is -2.42. The van der Waals surface area contributed by atoms with Crippen molar-refractivity contribution in [3.05, 3.63) is 93.7 Å². The molecule has 0 saturated heterocycles. The second kappa shape index (κ2) is 9.59. The fourth-order valence-corrected chi connectivity index (χ4v) is 4.75. The van der Waals surface area contributed by atoms with E-state index in [1.54, 1.807) is 11.3 Å². The molecule has 0 fully saturated rings. The quantitative estimate of drug-likeness (QED) is 0.632. The number of carbonyl (C=O) groups is 2. The smallest absolute Gasteiger partial charge is 0.315 e. The maximum atomic E-state index is 13.0. The highest BCUT2D eigenvalue weighted by molar-refractivity contribution is 7.10. The van der Waals surface area contributed by atoms with Gasteiger partial charge in [-0.3, -0.25) is 4.79 Å². The average molecular weight is 420 g/mol. The summed E-state index contributed by atoms with van der Waals surface area (Å²) in [7, 11) is 0. The molecule has 1 aromatic heterocycles. The lowest BCUT2D eigenvalue weighted by atomic mass is 9.93. The molecule has 0 aliphatic carbocycles. The van der Waals surface area contributed by atoms with Crippen LogP contribution in [-0.2, 0) is 17.8 Å². The predicted octanol–water partition coefficient (Wildman–Crippen LogP) is 4.11. The molecule has 5 nitrogen and oxygen atoms in total. The topological polar surface area (TPSA) is 61.4 Å². The maximum absolute atomic E-state index is 13.0. The van der Waals surface area contributed by atoms with Crippen LogP contribution in [0.1, 0.15) is 34.0 Å². The number of fused-ring (bicyclic) bond motifs is 1. The van der Waals surface area contributed by atoms with Gasteiger partial charge in [0.2, 0.25) is 5.91 Å². The highest BCUT2D eigenvalue weighted by atomic mass is 32.1. The molecule has 1 atom stereocenters. The van der Waals surface area contributed by atoms with Crippen molar-refractivity contribution in [2.45, 2.75) is 25.4 Å². The van der Waals surface area contributed by atoms with E-state index in [2.05, 4.69) is 34.2 Å². The zero-order chi connectivity index (χ0) is 20.8. The lowest BCUT2D eigenvalue weighted by Gasteiger charge is -2.36. The van der Waals surface area contributed by atoms with Gasteiger partial charge in [0.05, 0.1) is 6.04 Å². The van der Waals surface area contributed by atoms with Crippen molar-refractivity contribution in [2.24, 2.45) is 0 Å². The zero-order valence-electron chi connectivity index (χ0n) is 16.7. The summed E-state index contributed by atoms with van der Waals surface area (Å²) in [6.07, 6.45) is 1.16. The van der Waals surface area contributed by atoms with Crippen LogP contribution in [0.2, 0.25) is 0 Å². The van der Waals surface area contributed by atoms with E-state index in [1.807, 2.05) is 53.4 Å². The van der Waals surface area contributed by atoms with Gasteiger partial charge in [0.25, 0.3) is 0 Å². The number of hydrogen-bond acceptors (Lipinski definition) is 3. The summed E-state index contributed by atoms with van der Waals surface area (Å²) < 4.78 is 0. The van der Waals surface area contributed by atoms with E-state index in [4.69, 9.17) is 0 Å². The molecule has 3 amide bonds. The Balaban J connectivity index is 1.34. The minimum Gasteiger partial charge on any atom is -0.338 e. The molecule has 3 aromatic rings. The monoisotopic (exact) mass is 419 g/mol. The molecule has 0 unspecified atom stereocenters. The Labute approximate surface area is 180 Å². The van der Waals surface area contributed by atoms with E-state index in [0.29, 0.717) is 19.6 Å². The summed E-state index contributed by atoms with van der Waals surface area (Å²) in [4.78, 5) is 28.4. The van der Waals surface area contributed by atoms with Gasteiger partial charge >= 0.3 is 6.03 Å². The molecule has 6 heteroatoms. The third kappa shape index (κ3) is 4.71. The number of nitrogens with one attached hydrogen (secondary N) is 2. The van der Waals surface area contributed by atoms with Gasteiger partial charge in [0, 0.05) is 30.9 Å². The van der Waals surface area contributed by atoms with Gasteiger partial charge in [0.15, 0.2) is 0 Å². The van der Waals surface area contributed by atoms with Crippen molar-refractivity contribution in [3.63, 3.8) is 0 Å². The molecule has 0 bridgehead atoms. The Bertz CT molecular complexity index is 988. The van der Waals surface area contributed by atoms with Crippen molar-refractivity contribution in [2.75, 3.05) is 13.1 Å². The summed E-state index contributed by atoms with van der Waals surface area (Å²) in [6, 6.07) is 21.7. The molecule has 1 aliphatic heterocycles. The highest BCUT2D eigenvalue weighted by Crippen LogP contribution is 2.37. The highest BCUT2D eigenvalue weighted by Gasteiger charge is 2.32. The molecule has 0 radical (unpaired) electrons. The zero-order valence-corrected chi connectivity index (χ0v) is 17.5. The van der Waals surface area contributed by atoms with E-state index in [-0.39, 0.29) is 24.4 Å². The van der Waals surface area contributed by atoms with Crippen LogP contribution in [0.25, 0.3) is 0 Å². The van der Waals surface area contributed by atoms with E-state index < -0.39 is 0 Å². The Morgan fingerprint density at radius 3 is 2.47 bits per heavy atom. The molecule has 0 saturated carbocycles. The molecule has 4 rings (SSSR count). The third-order valence-corrected chi connectivity index (χ3v) is 6.32. The molecule has 2 aromatic carbocycles. The summed E-state index contributed by atoms with van der Waals surface area (Å²) in [5, 5.41) is 7.72. The first kappa shape index (κ1) is 20.2. The Hall–Kier alpha value is -3.12. The van der Waals surface area contributed by atoms with Gasteiger partial charge in [-0.05, 0) is 34.6 Å². The number of amides is 3. The summed E-state index contributed by atoms with van der Waals surface area (Å²) in [6.45, 7) is 1.48. The molecule has 154 valence electrons. The number of thiophene rings is 1. The predicted molar refractivity (Wildman–Crippen MR) is 119 cm³/mol. The fraction of sp³-hybridized carbons (Fsp3) is 0.250. The standard InChI is InChI=1S/C24H25N3O2S/c28-22(11-14-25-24(29)26-17-18-7-3-1-4-8-18)27-15-12-21-20(13-16-30-21)23(27)19-9-5-2-6-10-19/h1-10,13,16,23H,11-12,14-15,17H2,(H2,25,26,29)/t23-/m1/s1. The fourth-order valence-electron chi connectivity index (χ4n) is 3.85. The maximum Gasteiger partial charge on any atom is 0.315 e. The number of benzene rings is 2. The van der Waals surface area contributed by atoms with Crippen molar-refractivity contribution in [3.8, 4) is 0 Å². The van der Waals surface area contributed by atoms with Crippen molar-refractivity contribution in [1.82, 2.24) is 15.5 Å². The normalized spacial score (nSPS) is 15.3. The molecule has 0 spiro atoms. The SMILES string of the molecule is O=C(NCCC(=O)N1CCc2sccc2[C@H]1c1ccccc1)NCc1ccccc1. The van der Waals surface area contributed by atoms with Crippen molar-refractivity contribution < 1.29 is 9.59 Å². The van der Waals surface area contributed by atoms with Crippen LogP contribution in [0.5, 0.6) is 0 Å². The van der Waals surface area contributed by atoms with Gasteiger partial charge in [-0.25, -0.2) is 4.79 Å². The average Bonchev–Trinajstić information content (AvgIpc) is 3.27. The van der Waals surface area contributed by atoms with Gasteiger partial charge in [-0.2, -0.15) is 0 Å². The largest absolute Gasteiger partial charge is 0.338 e. The number of urea groups is 1. The second-order valence-corrected chi connectivity index (χ2v) is 8.30. The minimum absolute atomic E-state index is 0.0550. The summed E-state index contributed by atoms with van der Waals surface area (Å²) >= 11 is 1.76. The minimum atomic E-state index is -0.259. The van der Waals surface area contributed by atoms with Gasteiger partial charge in [-0.1, -0.05) is 60.7 Å². The number of hydrogen-bond donors (Lipinski definition) is 2. The Morgan fingerprint density at radius 1 is 0.967 bits per heavy atom. The number of rotatable bonds is 6. The van der Waals surface area contributed by atoms with E-state index >= 15 is 0 Å². The van der Waals surface area contributed by atoms with Crippen LogP contribution in [0, 0.1) is 0 Å². The molecule has 2 heterocycles. The van der Waals surface area contributed by atoms with Crippen LogP contribution in [0.3, 0.4) is 0 Å². The van der Waals surface area contributed by atoms with Gasteiger partial charge in [-0.15, -0.1) is 11.3 Å². The summed E-state index contributed by atoms with van der Waals surface area (Å²) in [5.74, 6) is 0.0593. The number of nitrogens with zero attached hydrogens (tertiary/aromatic N) is 1. The first-order valence-electron chi connectivity index (χ1n) is 10.2. The number of carbonyl (C=O) groups excluding carboxylic acids is 2. The molecular formula is C24H25N3O2S. The lowest BCUT2D eigenvalue weighted by molar-refractivity contribution is -0.133. The van der Waals surface area contributed by atoms with E-state index in [9.17, 15) is 9.59 Å². The molecule has 30 heavy (non-hydrogen) atoms. The van der Waals surface area contributed by atoms with E-state index in [1.165, 1.54) is 10.4 Å². The van der Waals surface area contributed by atoms with Gasteiger partial charge in [0.1, 0.15) is 0 Å². The third-order valence-electron chi connectivity index (χ3n) is 5.32. The van der Waals surface area contributed by atoms with Crippen molar-refractivity contribution >= 4 is 23.3 Å². The van der Waals surface area contributed by atoms with Crippen LogP contribution >= 0.6 is 11.3 Å². The van der Waals surface area contributed by atoms with Crippen LogP contribution in [0.4, 0.5) is 4.79 Å². The van der Waals surface area contributed by atoms with Crippen molar-refractivity contribution in [1.29, 1.82) is 0 Å². The van der Waals surface area contributed by atoms with Crippen LogP contribution in [-0.4, -0.2) is 29.9 Å².